The van der Waals surface area contributed by atoms with Crippen LogP contribution in [0.3, 0.4) is 0 Å². The molecule has 100 valence electrons. The normalized spacial score (nSPS) is 10.7. The fraction of sp³-hybridized carbons (Fsp3) is 0. The van der Waals surface area contributed by atoms with E-state index in [4.69, 9.17) is 0 Å². The van der Waals surface area contributed by atoms with Gasteiger partial charge in [0.25, 0.3) is 0 Å². The van der Waals surface area contributed by atoms with Gasteiger partial charge in [-0.2, -0.15) is 0 Å². The zero-order valence-corrected chi connectivity index (χ0v) is 11.0. The molecule has 3 rings (SSSR count). The molecule has 0 atom stereocenters. The Morgan fingerprint density at radius 2 is 1.70 bits per heavy atom. The summed E-state index contributed by atoms with van der Waals surface area (Å²) in [7, 11) is 0. The highest BCUT2D eigenvalue weighted by Crippen LogP contribution is 2.32. The van der Waals surface area contributed by atoms with E-state index >= 15 is 0 Å². The highest BCUT2D eigenvalue weighted by atomic mass is 32.1. The smallest absolute Gasteiger partial charge is 0.135 e. The van der Waals surface area contributed by atoms with E-state index < -0.39 is 11.6 Å². The van der Waals surface area contributed by atoms with E-state index in [1.54, 1.807) is 29.6 Å². The van der Waals surface area contributed by atoms with Crippen LogP contribution in [0.2, 0.25) is 0 Å². The number of aromatic hydroxyl groups is 1. The average Bonchev–Trinajstić information content (AvgIpc) is 2.88. The van der Waals surface area contributed by atoms with Crippen molar-refractivity contribution in [1.29, 1.82) is 0 Å². The first kappa shape index (κ1) is 12.7. The molecule has 0 fully saturated rings. The second kappa shape index (κ2) is 5.02. The average molecular weight is 289 g/mol. The molecule has 0 saturated heterocycles. The van der Waals surface area contributed by atoms with E-state index in [9.17, 15) is 13.9 Å². The molecule has 2 nitrogen and oxygen atoms in total. The van der Waals surface area contributed by atoms with Crippen LogP contribution < -0.4 is 0 Å². The number of rotatable bonds is 2. The predicted molar refractivity (Wildman–Crippen MR) is 74.6 cm³/mol. The van der Waals surface area contributed by atoms with E-state index in [-0.39, 0.29) is 17.0 Å². The molecule has 1 N–H and O–H groups in total. The molecule has 0 unspecified atom stereocenters. The molecule has 0 radical (unpaired) electrons. The monoisotopic (exact) mass is 289 g/mol. The second-order valence-corrected chi connectivity index (χ2v) is 5.04. The summed E-state index contributed by atoms with van der Waals surface area (Å²) < 4.78 is 27.4. The number of benzene rings is 2. The highest BCUT2D eigenvalue weighted by molar-refractivity contribution is 7.13. The Kier molecular flexibility index (Phi) is 3.20. The van der Waals surface area contributed by atoms with Crippen molar-refractivity contribution in [2.75, 3.05) is 0 Å². The van der Waals surface area contributed by atoms with Gasteiger partial charge in [0.1, 0.15) is 22.4 Å². The Balaban J connectivity index is 2.07. The number of hydrogen-bond donors (Lipinski definition) is 1. The molecule has 0 bridgehead atoms. The summed E-state index contributed by atoms with van der Waals surface area (Å²) >= 11 is 1.27. The predicted octanol–water partition coefficient (Wildman–Crippen LogP) is 4.46. The lowest BCUT2D eigenvalue weighted by molar-refractivity contribution is 0.475. The Hall–Kier alpha value is -2.27. The van der Waals surface area contributed by atoms with Gasteiger partial charge in [-0.25, -0.2) is 13.8 Å². The Labute approximate surface area is 118 Å². The number of halogens is 2. The van der Waals surface area contributed by atoms with Crippen LogP contribution >= 0.6 is 11.3 Å². The quantitative estimate of drug-likeness (QED) is 0.755. The van der Waals surface area contributed by atoms with Crippen LogP contribution in [0.15, 0.2) is 47.8 Å². The molecule has 0 saturated carbocycles. The molecule has 5 heteroatoms. The van der Waals surface area contributed by atoms with E-state index in [0.717, 1.165) is 0 Å². The van der Waals surface area contributed by atoms with Crippen LogP contribution in [0.4, 0.5) is 8.78 Å². The van der Waals surface area contributed by atoms with E-state index in [2.05, 4.69) is 4.98 Å². The highest BCUT2D eigenvalue weighted by Gasteiger charge is 2.15. The van der Waals surface area contributed by atoms with Crippen molar-refractivity contribution in [3.63, 3.8) is 0 Å². The Morgan fingerprint density at radius 3 is 2.40 bits per heavy atom. The molecule has 1 aromatic heterocycles. The van der Waals surface area contributed by atoms with Crippen molar-refractivity contribution in [3.8, 4) is 27.6 Å². The molecule has 0 aliphatic carbocycles. The molecular formula is C15H9F2NOS. The molecule has 20 heavy (non-hydrogen) atoms. The first-order chi connectivity index (χ1) is 9.65. The summed E-state index contributed by atoms with van der Waals surface area (Å²) in [5.74, 6) is -1.16. The van der Waals surface area contributed by atoms with Gasteiger partial charge in [0.15, 0.2) is 0 Å². The van der Waals surface area contributed by atoms with Gasteiger partial charge >= 0.3 is 0 Å². The first-order valence-corrected chi connectivity index (χ1v) is 6.72. The first-order valence-electron chi connectivity index (χ1n) is 5.84. The van der Waals surface area contributed by atoms with Crippen LogP contribution in [0.25, 0.3) is 21.8 Å². The zero-order chi connectivity index (χ0) is 14.1. The van der Waals surface area contributed by atoms with Crippen LogP contribution in [-0.2, 0) is 0 Å². The zero-order valence-electron chi connectivity index (χ0n) is 10.2. The third-order valence-corrected chi connectivity index (χ3v) is 3.71. The number of phenolic OH excluding ortho intramolecular Hbond substituents is 1. The van der Waals surface area contributed by atoms with E-state index in [1.165, 1.54) is 29.5 Å². The summed E-state index contributed by atoms with van der Waals surface area (Å²) in [6, 6.07) is 10.3. The number of nitrogens with zero attached hydrogens (tertiary/aromatic N) is 1. The van der Waals surface area contributed by atoms with Gasteiger partial charge in [-0.3, -0.25) is 0 Å². The van der Waals surface area contributed by atoms with Gasteiger partial charge in [-0.1, -0.05) is 18.2 Å². The van der Waals surface area contributed by atoms with Gasteiger partial charge in [-0.05, 0) is 24.3 Å². The second-order valence-electron chi connectivity index (χ2n) is 4.18. The van der Waals surface area contributed by atoms with Gasteiger partial charge < -0.3 is 5.11 Å². The topological polar surface area (TPSA) is 33.1 Å². The molecule has 0 aliphatic heterocycles. The molecule has 0 aliphatic rings. The standard InChI is InChI=1S/C15H9F2NOS/c16-11-5-2-6-12(17)14(11)13-8-20-15(18-13)9-3-1-4-10(19)7-9/h1-8,19H. The van der Waals surface area contributed by atoms with E-state index in [0.29, 0.717) is 10.6 Å². The van der Waals surface area contributed by atoms with Crippen molar-refractivity contribution < 1.29 is 13.9 Å². The van der Waals surface area contributed by atoms with Crippen molar-refractivity contribution in [2.24, 2.45) is 0 Å². The molecule has 0 spiro atoms. The summed E-state index contributed by atoms with van der Waals surface area (Å²) in [4.78, 5) is 4.24. The minimum absolute atomic E-state index is 0.122. The molecule has 3 aromatic rings. The third kappa shape index (κ3) is 2.28. The molecule has 1 heterocycles. The number of phenols is 1. The minimum atomic E-state index is -0.641. The van der Waals surface area contributed by atoms with E-state index in [1.807, 2.05) is 0 Å². The summed E-state index contributed by atoms with van der Waals surface area (Å²) in [6.07, 6.45) is 0. The summed E-state index contributed by atoms with van der Waals surface area (Å²) in [5.41, 5.74) is 0.831. The Morgan fingerprint density at radius 1 is 1.00 bits per heavy atom. The van der Waals surface area contributed by atoms with Crippen molar-refractivity contribution in [2.45, 2.75) is 0 Å². The van der Waals surface area contributed by atoms with Gasteiger partial charge in [0.05, 0.1) is 11.3 Å². The maximum atomic E-state index is 13.7. The van der Waals surface area contributed by atoms with Gasteiger partial charge in [0.2, 0.25) is 0 Å². The van der Waals surface area contributed by atoms with Crippen LogP contribution in [0.5, 0.6) is 5.75 Å². The summed E-state index contributed by atoms with van der Waals surface area (Å²) in [5, 5.41) is 11.6. The number of thiazole rings is 1. The fourth-order valence-corrected chi connectivity index (χ4v) is 2.71. The SMILES string of the molecule is Oc1cccc(-c2nc(-c3c(F)cccc3F)cs2)c1. The molecule has 2 aromatic carbocycles. The molecule has 0 amide bonds. The molecular weight excluding hydrogens is 280 g/mol. The van der Waals surface area contributed by atoms with Crippen LogP contribution in [-0.4, -0.2) is 10.1 Å². The largest absolute Gasteiger partial charge is 0.508 e. The Bertz CT molecular complexity index is 750. The van der Waals surface area contributed by atoms with Gasteiger partial charge in [-0.15, -0.1) is 11.3 Å². The minimum Gasteiger partial charge on any atom is -0.508 e. The van der Waals surface area contributed by atoms with Crippen LogP contribution in [0, 0.1) is 11.6 Å². The van der Waals surface area contributed by atoms with Gasteiger partial charge in [0, 0.05) is 10.9 Å². The number of hydrogen-bond acceptors (Lipinski definition) is 3. The lowest BCUT2D eigenvalue weighted by Crippen LogP contribution is -1.89. The van der Waals surface area contributed by atoms with Crippen LogP contribution in [0.1, 0.15) is 0 Å². The van der Waals surface area contributed by atoms with Crippen molar-refractivity contribution in [1.82, 2.24) is 4.98 Å². The lowest BCUT2D eigenvalue weighted by atomic mass is 10.1. The third-order valence-electron chi connectivity index (χ3n) is 2.82. The number of aromatic nitrogens is 1. The maximum Gasteiger partial charge on any atom is 0.135 e. The maximum absolute atomic E-state index is 13.7. The van der Waals surface area contributed by atoms with Crippen molar-refractivity contribution in [3.05, 3.63) is 59.5 Å². The summed E-state index contributed by atoms with van der Waals surface area (Å²) in [6.45, 7) is 0. The van der Waals surface area contributed by atoms with Crippen molar-refractivity contribution >= 4 is 11.3 Å². The fourth-order valence-electron chi connectivity index (χ4n) is 1.90. The lowest BCUT2D eigenvalue weighted by Gasteiger charge is -2.01.